The van der Waals surface area contributed by atoms with Gasteiger partial charge in [-0.15, -0.1) is 22.7 Å². The zero-order chi connectivity index (χ0) is 18.9. The number of carbonyl (C=O) groups excluding carboxylic acids is 1. The normalized spacial score (nSPS) is 17.2. The number of ketones is 1. The molecule has 0 saturated heterocycles. The van der Waals surface area contributed by atoms with Gasteiger partial charge in [-0.05, 0) is 49.3 Å². The summed E-state index contributed by atoms with van der Waals surface area (Å²) in [5, 5.41) is 5.50. The van der Waals surface area contributed by atoms with Crippen molar-refractivity contribution in [1.82, 2.24) is 9.97 Å². The lowest BCUT2D eigenvalue weighted by Gasteiger charge is -1.94. The summed E-state index contributed by atoms with van der Waals surface area (Å²) in [6.07, 6.45) is 8.44. The molecular formula is C21H14N2O3S2. The summed E-state index contributed by atoms with van der Waals surface area (Å²) in [5.41, 5.74) is 3.14. The first kappa shape index (κ1) is 17.1. The van der Waals surface area contributed by atoms with Crippen molar-refractivity contribution in [3.63, 3.8) is 0 Å². The van der Waals surface area contributed by atoms with Gasteiger partial charge in [0.15, 0.2) is 27.3 Å². The Bertz CT molecular complexity index is 1090. The molecule has 0 atom stereocenters. The fourth-order valence-corrected chi connectivity index (χ4v) is 4.55. The van der Waals surface area contributed by atoms with Crippen LogP contribution in [0.25, 0.3) is 33.7 Å². The van der Waals surface area contributed by atoms with E-state index >= 15 is 0 Å². The summed E-state index contributed by atoms with van der Waals surface area (Å²) < 4.78 is 10.7. The summed E-state index contributed by atoms with van der Waals surface area (Å²) in [6, 6.07) is 7.43. The molecule has 138 valence electrons. The second-order valence-electron chi connectivity index (χ2n) is 6.28. The molecule has 4 aromatic rings. The monoisotopic (exact) mass is 406 g/mol. The van der Waals surface area contributed by atoms with Crippen molar-refractivity contribution in [2.24, 2.45) is 0 Å². The molecule has 5 nitrogen and oxygen atoms in total. The molecule has 0 unspecified atom stereocenters. The predicted octanol–water partition coefficient (Wildman–Crippen LogP) is 5.95. The molecule has 7 heteroatoms. The maximum absolute atomic E-state index is 12.8. The van der Waals surface area contributed by atoms with E-state index < -0.39 is 0 Å². The van der Waals surface area contributed by atoms with Crippen LogP contribution in [0.3, 0.4) is 0 Å². The third-order valence-electron chi connectivity index (χ3n) is 4.40. The summed E-state index contributed by atoms with van der Waals surface area (Å²) in [6.45, 7) is 0. The number of hydrogen-bond acceptors (Lipinski definition) is 7. The molecule has 4 heterocycles. The minimum atomic E-state index is 0.0695. The van der Waals surface area contributed by atoms with Gasteiger partial charge in [0.05, 0.1) is 23.9 Å². The second-order valence-corrected chi connectivity index (χ2v) is 7.99. The Kier molecular flexibility index (Phi) is 4.38. The third kappa shape index (κ3) is 3.30. The number of allylic oxidation sites excluding steroid dienone is 2. The van der Waals surface area contributed by atoms with Crippen molar-refractivity contribution in [2.75, 3.05) is 0 Å². The Labute approximate surface area is 168 Å². The maximum atomic E-state index is 12.8. The van der Waals surface area contributed by atoms with E-state index in [9.17, 15) is 4.79 Å². The molecule has 1 aliphatic carbocycles. The molecule has 0 spiro atoms. The van der Waals surface area contributed by atoms with E-state index in [1.807, 2.05) is 47.2 Å². The minimum Gasteiger partial charge on any atom is -0.462 e. The van der Waals surface area contributed by atoms with Crippen LogP contribution in [0.1, 0.15) is 24.2 Å². The molecule has 4 aromatic heterocycles. The standard InChI is InChI=1S/C21H14N2O3S2/c24-19-13(9-15-11-27-20(22-15)17-3-1-7-25-17)5-6-14(19)10-16-12-28-21(23-16)18-4-2-8-26-18/h1-4,7-12H,5-6H2/b13-9-,14-10+. The largest absolute Gasteiger partial charge is 0.462 e. The van der Waals surface area contributed by atoms with E-state index in [1.54, 1.807) is 12.5 Å². The van der Waals surface area contributed by atoms with Crippen molar-refractivity contribution in [2.45, 2.75) is 12.8 Å². The van der Waals surface area contributed by atoms with Crippen LogP contribution in [0.4, 0.5) is 0 Å². The summed E-state index contributed by atoms with van der Waals surface area (Å²) in [5.74, 6) is 1.55. The van der Waals surface area contributed by atoms with Gasteiger partial charge in [0.1, 0.15) is 0 Å². The van der Waals surface area contributed by atoms with Gasteiger partial charge in [0.25, 0.3) is 0 Å². The van der Waals surface area contributed by atoms with Crippen LogP contribution in [0.5, 0.6) is 0 Å². The van der Waals surface area contributed by atoms with Gasteiger partial charge >= 0.3 is 0 Å². The quantitative estimate of drug-likeness (QED) is 0.392. The molecular weight excluding hydrogens is 392 g/mol. The van der Waals surface area contributed by atoms with E-state index in [0.717, 1.165) is 44.1 Å². The number of furan rings is 2. The highest BCUT2D eigenvalue weighted by molar-refractivity contribution is 7.13. The number of thiazole rings is 2. The van der Waals surface area contributed by atoms with Gasteiger partial charge in [-0.2, -0.15) is 0 Å². The van der Waals surface area contributed by atoms with Crippen molar-refractivity contribution >= 4 is 40.6 Å². The molecule has 28 heavy (non-hydrogen) atoms. The van der Waals surface area contributed by atoms with Gasteiger partial charge in [0, 0.05) is 21.9 Å². The van der Waals surface area contributed by atoms with Crippen LogP contribution in [0.2, 0.25) is 0 Å². The lowest BCUT2D eigenvalue weighted by atomic mass is 10.1. The SMILES string of the molecule is O=C1/C(=C\c2csc(-c3ccco3)n2)CC/C1=C\c1csc(-c2ccco2)n1. The first-order chi connectivity index (χ1) is 13.8. The van der Waals surface area contributed by atoms with Crippen molar-refractivity contribution < 1.29 is 13.6 Å². The van der Waals surface area contributed by atoms with Gasteiger partial charge in [-0.25, -0.2) is 9.97 Å². The number of Topliss-reactive ketones (excluding diaryl/α,β-unsaturated/α-hetero) is 1. The van der Waals surface area contributed by atoms with Gasteiger partial charge < -0.3 is 8.83 Å². The predicted molar refractivity (Wildman–Crippen MR) is 110 cm³/mol. The topological polar surface area (TPSA) is 69.1 Å². The van der Waals surface area contributed by atoms with E-state index in [0.29, 0.717) is 12.8 Å². The summed E-state index contributed by atoms with van der Waals surface area (Å²) in [7, 11) is 0. The molecule has 1 fully saturated rings. The van der Waals surface area contributed by atoms with Crippen LogP contribution in [0.15, 0.2) is 67.5 Å². The van der Waals surface area contributed by atoms with Gasteiger partial charge in [0.2, 0.25) is 0 Å². The molecule has 0 amide bonds. The average Bonchev–Trinajstić information content (AvgIpc) is 3.51. The number of rotatable bonds is 4. The van der Waals surface area contributed by atoms with Crippen LogP contribution in [-0.4, -0.2) is 15.8 Å². The highest BCUT2D eigenvalue weighted by atomic mass is 32.1. The van der Waals surface area contributed by atoms with E-state index in [-0.39, 0.29) is 5.78 Å². The smallest absolute Gasteiger partial charge is 0.185 e. The Morgan fingerprint density at radius 3 is 1.75 bits per heavy atom. The van der Waals surface area contributed by atoms with Crippen molar-refractivity contribution in [3.05, 3.63) is 70.1 Å². The number of aromatic nitrogens is 2. The van der Waals surface area contributed by atoms with E-state index in [4.69, 9.17) is 8.83 Å². The third-order valence-corrected chi connectivity index (χ3v) is 6.15. The molecule has 0 radical (unpaired) electrons. The molecule has 1 aliphatic rings. The Hall–Kier alpha value is -3.03. The average molecular weight is 406 g/mol. The van der Waals surface area contributed by atoms with E-state index in [2.05, 4.69) is 9.97 Å². The van der Waals surface area contributed by atoms with Gasteiger partial charge in [-0.3, -0.25) is 4.79 Å². The zero-order valence-corrected chi connectivity index (χ0v) is 16.3. The highest BCUT2D eigenvalue weighted by Gasteiger charge is 2.24. The number of nitrogens with zero attached hydrogens (tertiary/aromatic N) is 2. The molecule has 0 aliphatic heterocycles. The minimum absolute atomic E-state index is 0.0695. The molecule has 0 bridgehead atoms. The van der Waals surface area contributed by atoms with Crippen LogP contribution < -0.4 is 0 Å². The molecule has 5 rings (SSSR count). The van der Waals surface area contributed by atoms with Crippen LogP contribution in [-0.2, 0) is 4.79 Å². The van der Waals surface area contributed by atoms with E-state index in [1.165, 1.54) is 22.7 Å². The second kappa shape index (κ2) is 7.18. The van der Waals surface area contributed by atoms with Crippen LogP contribution in [0, 0.1) is 0 Å². The molecule has 0 aromatic carbocycles. The van der Waals surface area contributed by atoms with Gasteiger partial charge in [-0.1, -0.05) is 0 Å². The lowest BCUT2D eigenvalue weighted by molar-refractivity contribution is -0.111. The number of carbonyl (C=O) groups is 1. The maximum Gasteiger partial charge on any atom is 0.185 e. The van der Waals surface area contributed by atoms with Crippen molar-refractivity contribution in [1.29, 1.82) is 0 Å². The Balaban J connectivity index is 1.35. The lowest BCUT2D eigenvalue weighted by Crippen LogP contribution is -1.95. The highest BCUT2D eigenvalue weighted by Crippen LogP contribution is 2.32. The molecule has 0 N–H and O–H groups in total. The first-order valence-corrected chi connectivity index (χ1v) is 10.5. The molecule has 1 saturated carbocycles. The number of hydrogen-bond donors (Lipinski definition) is 0. The summed E-state index contributed by atoms with van der Waals surface area (Å²) >= 11 is 3.01. The van der Waals surface area contributed by atoms with Crippen LogP contribution >= 0.6 is 22.7 Å². The first-order valence-electron chi connectivity index (χ1n) is 8.71. The Morgan fingerprint density at radius 2 is 1.32 bits per heavy atom. The Morgan fingerprint density at radius 1 is 0.821 bits per heavy atom. The van der Waals surface area contributed by atoms with Crippen molar-refractivity contribution in [3.8, 4) is 21.5 Å². The fourth-order valence-electron chi connectivity index (χ4n) is 3.07. The summed E-state index contributed by atoms with van der Waals surface area (Å²) in [4.78, 5) is 21.9. The zero-order valence-electron chi connectivity index (χ0n) is 14.6. The fraction of sp³-hybridized carbons (Fsp3) is 0.0952.